The van der Waals surface area contributed by atoms with Crippen molar-refractivity contribution in [2.24, 2.45) is 10.9 Å². The van der Waals surface area contributed by atoms with E-state index in [0.29, 0.717) is 28.1 Å². The molecule has 1 rings (SSSR count). The number of nitrogens with two attached hydrogens (primary N) is 1. The Hall–Kier alpha value is -1.76. The normalized spacial score (nSPS) is 10.6. The molecular weight excluding hydrogens is 304 g/mol. The maximum absolute atomic E-state index is 10.7. The van der Waals surface area contributed by atoms with Gasteiger partial charge in [-0.2, -0.15) is 0 Å². The number of nitrogens with zero attached hydrogens (tertiary/aromatic N) is 1. The first-order chi connectivity index (χ1) is 8.58. The summed E-state index contributed by atoms with van der Waals surface area (Å²) in [6, 6.07) is 3.24. The van der Waals surface area contributed by atoms with Crippen LogP contribution in [0.1, 0.15) is 12.5 Å². The minimum atomic E-state index is -0.574. The number of benzene rings is 1. The highest BCUT2D eigenvalue weighted by molar-refractivity contribution is 9.10. The molecule has 0 aromatic heterocycles. The Kier molecular flexibility index (Phi) is 5.44. The van der Waals surface area contributed by atoms with Crippen LogP contribution in [0.3, 0.4) is 0 Å². The van der Waals surface area contributed by atoms with Gasteiger partial charge in [0.25, 0.3) is 5.91 Å². The molecular formula is C11H13BrN2O4. The van der Waals surface area contributed by atoms with Crippen LogP contribution in [0.4, 0.5) is 0 Å². The van der Waals surface area contributed by atoms with Gasteiger partial charge in [0.05, 0.1) is 12.8 Å². The van der Waals surface area contributed by atoms with Crippen molar-refractivity contribution in [2.75, 3.05) is 13.2 Å². The number of halogens is 1. The summed E-state index contributed by atoms with van der Waals surface area (Å²) in [7, 11) is 0. The van der Waals surface area contributed by atoms with Crippen molar-refractivity contribution in [2.45, 2.75) is 6.92 Å². The third-order valence-electron chi connectivity index (χ3n) is 1.93. The lowest BCUT2D eigenvalue weighted by Crippen LogP contribution is -2.20. The molecule has 6 nitrogen and oxygen atoms in total. The summed E-state index contributed by atoms with van der Waals surface area (Å²) in [5.41, 5.74) is 5.63. The molecule has 0 aliphatic heterocycles. The smallest absolute Gasteiger partial charge is 0.255 e. The Morgan fingerprint density at radius 1 is 1.50 bits per heavy atom. The van der Waals surface area contributed by atoms with E-state index in [9.17, 15) is 4.79 Å². The van der Waals surface area contributed by atoms with Crippen LogP contribution in [0.5, 0.6) is 11.5 Å². The van der Waals surface area contributed by atoms with Crippen molar-refractivity contribution in [3.63, 3.8) is 0 Å². The minimum Gasteiger partial charge on any atom is -0.490 e. The molecule has 3 N–H and O–H groups in total. The number of oxime groups is 1. The Morgan fingerprint density at radius 2 is 2.17 bits per heavy atom. The second-order valence-electron chi connectivity index (χ2n) is 3.25. The highest BCUT2D eigenvalue weighted by atomic mass is 79.9. The fourth-order valence-electron chi connectivity index (χ4n) is 1.24. The SMILES string of the molecule is CCOc1cc(/C=N\O)c(Br)cc1OCC(N)=O. The standard InChI is InChI=1S/C11H13BrN2O4/c1-2-17-9-3-7(5-14-16)8(12)4-10(9)18-6-11(13)15/h3-5,16H,2,6H2,1H3,(H2,13,15)/b14-5-. The van der Waals surface area contributed by atoms with Gasteiger partial charge in [0.1, 0.15) is 0 Å². The van der Waals surface area contributed by atoms with Crippen molar-refractivity contribution in [3.05, 3.63) is 22.2 Å². The van der Waals surface area contributed by atoms with Gasteiger partial charge in [-0.25, -0.2) is 0 Å². The van der Waals surface area contributed by atoms with Crippen LogP contribution >= 0.6 is 15.9 Å². The molecule has 1 aromatic carbocycles. The third kappa shape index (κ3) is 3.92. The maximum atomic E-state index is 10.7. The third-order valence-corrected chi connectivity index (χ3v) is 2.62. The number of rotatable bonds is 6. The van der Waals surface area contributed by atoms with Crippen LogP contribution in [0.15, 0.2) is 21.8 Å². The van der Waals surface area contributed by atoms with Crippen molar-refractivity contribution in [1.29, 1.82) is 0 Å². The first kappa shape index (κ1) is 14.3. The number of primary amides is 1. The lowest BCUT2D eigenvalue weighted by molar-refractivity contribution is -0.119. The quantitative estimate of drug-likeness (QED) is 0.472. The van der Waals surface area contributed by atoms with Crippen LogP contribution in [-0.4, -0.2) is 30.5 Å². The molecule has 0 aliphatic rings. The van der Waals surface area contributed by atoms with Crippen LogP contribution < -0.4 is 15.2 Å². The van der Waals surface area contributed by atoms with E-state index in [4.69, 9.17) is 20.4 Å². The summed E-state index contributed by atoms with van der Waals surface area (Å²) in [5, 5.41) is 11.5. The van der Waals surface area contributed by atoms with Crippen LogP contribution in [0.2, 0.25) is 0 Å². The average Bonchev–Trinajstić information content (AvgIpc) is 2.31. The molecule has 1 aromatic rings. The number of amides is 1. The molecule has 0 radical (unpaired) electrons. The molecule has 0 bridgehead atoms. The van der Waals surface area contributed by atoms with E-state index in [1.165, 1.54) is 6.21 Å². The fraction of sp³-hybridized carbons (Fsp3) is 0.273. The van der Waals surface area contributed by atoms with Gasteiger partial charge in [0.2, 0.25) is 0 Å². The van der Waals surface area contributed by atoms with Crippen molar-refractivity contribution >= 4 is 28.1 Å². The zero-order chi connectivity index (χ0) is 13.5. The van der Waals surface area contributed by atoms with E-state index in [2.05, 4.69) is 21.1 Å². The molecule has 0 spiro atoms. The Labute approximate surface area is 112 Å². The molecule has 1 amide bonds. The molecule has 0 fully saturated rings. The molecule has 0 heterocycles. The van der Waals surface area contributed by atoms with Gasteiger partial charge >= 0.3 is 0 Å². The van der Waals surface area contributed by atoms with E-state index in [1.54, 1.807) is 12.1 Å². The summed E-state index contributed by atoms with van der Waals surface area (Å²) in [4.78, 5) is 10.7. The second-order valence-corrected chi connectivity index (χ2v) is 4.11. The molecule has 7 heteroatoms. The lowest BCUT2D eigenvalue weighted by Gasteiger charge is -2.12. The molecule has 98 valence electrons. The van der Waals surface area contributed by atoms with E-state index < -0.39 is 5.91 Å². The molecule has 0 saturated heterocycles. The molecule has 0 aliphatic carbocycles. The van der Waals surface area contributed by atoms with Crippen LogP contribution in [0, 0.1) is 0 Å². The van der Waals surface area contributed by atoms with Crippen LogP contribution in [0.25, 0.3) is 0 Å². The van der Waals surface area contributed by atoms with Crippen molar-refractivity contribution in [1.82, 2.24) is 0 Å². The highest BCUT2D eigenvalue weighted by Gasteiger charge is 2.11. The van der Waals surface area contributed by atoms with Gasteiger partial charge in [0, 0.05) is 10.0 Å². The van der Waals surface area contributed by atoms with E-state index >= 15 is 0 Å². The summed E-state index contributed by atoms with van der Waals surface area (Å²) in [6.07, 6.45) is 1.25. The zero-order valence-electron chi connectivity index (χ0n) is 9.72. The van der Waals surface area contributed by atoms with Crippen molar-refractivity contribution in [3.8, 4) is 11.5 Å². The number of carbonyl (C=O) groups excluding carboxylic acids is 1. The first-order valence-electron chi connectivity index (χ1n) is 5.13. The van der Waals surface area contributed by atoms with Gasteiger partial charge in [0.15, 0.2) is 18.1 Å². The predicted octanol–water partition coefficient (Wildman–Crippen LogP) is 1.52. The Morgan fingerprint density at radius 3 is 2.72 bits per heavy atom. The van der Waals surface area contributed by atoms with Gasteiger partial charge in [-0.05, 0) is 35.0 Å². The van der Waals surface area contributed by atoms with Crippen molar-refractivity contribution < 1.29 is 19.5 Å². The molecule has 18 heavy (non-hydrogen) atoms. The average molecular weight is 317 g/mol. The number of ether oxygens (including phenoxy) is 2. The molecule has 0 saturated carbocycles. The summed E-state index contributed by atoms with van der Waals surface area (Å²) in [5.74, 6) is 0.254. The second kappa shape index (κ2) is 6.85. The topological polar surface area (TPSA) is 94.1 Å². The van der Waals surface area contributed by atoms with E-state index in [-0.39, 0.29) is 6.61 Å². The monoisotopic (exact) mass is 316 g/mol. The Balaban J connectivity index is 3.07. The maximum Gasteiger partial charge on any atom is 0.255 e. The summed E-state index contributed by atoms with van der Waals surface area (Å²) in [6.45, 7) is 2.02. The van der Waals surface area contributed by atoms with Gasteiger partial charge in [-0.15, -0.1) is 0 Å². The largest absolute Gasteiger partial charge is 0.490 e. The summed E-state index contributed by atoms with van der Waals surface area (Å²) < 4.78 is 11.2. The lowest BCUT2D eigenvalue weighted by atomic mass is 10.2. The number of carbonyl (C=O) groups is 1. The van der Waals surface area contributed by atoms with Gasteiger partial charge < -0.3 is 20.4 Å². The van der Waals surface area contributed by atoms with Gasteiger partial charge in [-0.1, -0.05) is 5.16 Å². The predicted molar refractivity (Wildman–Crippen MR) is 69.4 cm³/mol. The Bertz CT molecular complexity index is 463. The molecule has 0 atom stereocenters. The fourth-order valence-corrected chi connectivity index (χ4v) is 1.67. The van der Waals surface area contributed by atoms with E-state index in [0.717, 1.165) is 0 Å². The first-order valence-corrected chi connectivity index (χ1v) is 5.92. The molecule has 0 unspecified atom stereocenters. The van der Waals surface area contributed by atoms with E-state index in [1.807, 2.05) is 6.92 Å². The number of hydrogen-bond donors (Lipinski definition) is 2. The van der Waals surface area contributed by atoms with Crippen LogP contribution in [-0.2, 0) is 4.79 Å². The van der Waals surface area contributed by atoms with Gasteiger partial charge in [-0.3, -0.25) is 4.79 Å². The minimum absolute atomic E-state index is 0.236. The highest BCUT2D eigenvalue weighted by Crippen LogP contribution is 2.33. The summed E-state index contributed by atoms with van der Waals surface area (Å²) >= 11 is 3.29. The number of hydrogen-bond acceptors (Lipinski definition) is 5. The zero-order valence-corrected chi connectivity index (χ0v) is 11.3.